The zero-order chi connectivity index (χ0) is 24.7. The lowest BCUT2D eigenvalue weighted by Crippen LogP contribution is -2.41. The van der Waals surface area contributed by atoms with Crippen molar-refractivity contribution in [1.82, 2.24) is 25.6 Å². The largest absolute Gasteiger partial charge is 0.573 e. The number of likely N-dealkylation sites (tertiary alicyclic amines) is 1. The van der Waals surface area contributed by atoms with Crippen LogP contribution < -0.4 is 10.1 Å². The number of alkyl halides is 3. The van der Waals surface area contributed by atoms with E-state index in [1.165, 1.54) is 18.2 Å². The summed E-state index contributed by atoms with van der Waals surface area (Å²) in [6, 6.07) is 7.00. The highest BCUT2D eigenvalue weighted by Gasteiger charge is 2.45. The van der Waals surface area contributed by atoms with Crippen LogP contribution in [0.5, 0.6) is 5.75 Å². The number of nitrogens with one attached hydrogen (secondary N) is 2. The number of carbonyl (C=O) groups excluding carboxylic acids is 2. The van der Waals surface area contributed by atoms with Gasteiger partial charge in [-0.1, -0.05) is 12.1 Å². The zero-order valence-electron chi connectivity index (χ0n) is 18.0. The van der Waals surface area contributed by atoms with E-state index < -0.39 is 24.2 Å². The van der Waals surface area contributed by atoms with Gasteiger partial charge >= 0.3 is 12.3 Å². The van der Waals surface area contributed by atoms with Crippen LogP contribution in [0.25, 0.3) is 11.0 Å². The molecule has 13 heteroatoms. The van der Waals surface area contributed by atoms with Gasteiger partial charge in [-0.25, -0.2) is 4.39 Å². The van der Waals surface area contributed by atoms with Gasteiger partial charge in [-0.3, -0.25) is 14.9 Å². The number of carbonyl (C=O) groups is 2. The molecule has 2 aromatic carbocycles. The number of fused-ring (bicyclic) bond motifs is 2. The number of amides is 1. The lowest BCUT2D eigenvalue weighted by atomic mass is 10.0. The summed E-state index contributed by atoms with van der Waals surface area (Å²) in [6.45, 7) is 0.658. The Balaban J connectivity index is 1.13. The van der Waals surface area contributed by atoms with E-state index in [1.807, 2.05) is 0 Å². The Labute approximate surface area is 195 Å². The number of hydrogen-bond acceptors (Lipinski definition) is 7. The van der Waals surface area contributed by atoms with Crippen LogP contribution in [0, 0.1) is 11.7 Å². The first kappa shape index (κ1) is 23.0. The molecule has 0 radical (unpaired) electrons. The molecule has 2 saturated heterocycles. The Morgan fingerprint density at radius 2 is 1.89 bits per heavy atom. The van der Waals surface area contributed by atoms with Crippen molar-refractivity contribution < 1.29 is 36.6 Å². The van der Waals surface area contributed by atoms with Gasteiger partial charge in [0, 0.05) is 24.7 Å². The predicted octanol–water partition coefficient (Wildman–Crippen LogP) is 2.54. The molecule has 0 aliphatic carbocycles. The summed E-state index contributed by atoms with van der Waals surface area (Å²) < 4.78 is 60.0. The Hall–Kier alpha value is -3.74. The number of nitrogens with zero attached hydrogens (tertiary/aromatic N) is 3. The maximum atomic E-state index is 14.2. The molecule has 1 unspecified atom stereocenters. The molecule has 2 fully saturated rings. The molecule has 2 aliphatic heterocycles. The third-order valence-electron chi connectivity index (χ3n) is 6.13. The number of halogens is 4. The number of benzene rings is 2. The molecule has 2 N–H and O–H groups in total. The standard InChI is InChI=1S/C22H19F4N5O4/c23-15-5-12(6-16-19(15)29-30-28-16)20(32)31-8-13-7-17(27-18(13)9-31)21(33)34-10-11-1-3-14(4-2-11)35-22(24,25)26/h1-6,13,17-18,27H,7-10H2,(H,28,29,30)/t13-,17?,18+/m0/s1. The second kappa shape index (κ2) is 8.80. The second-order valence-corrected chi connectivity index (χ2v) is 8.48. The molecule has 9 nitrogen and oxygen atoms in total. The van der Waals surface area contributed by atoms with Gasteiger partial charge in [-0.2, -0.15) is 15.4 Å². The average Bonchev–Trinajstić information content (AvgIpc) is 3.52. The first-order valence-corrected chi connectivity index (χ1v) is 10.7. The highest BCUT2D eigenvalue weighted by Crippen LogP contribution is 2.30. The van der Waals surface area contributed by atoms with Crippen LogP contribution >= 0.6 is 0 Å². The molecule has 0 saturated carbocycles. The fraction of sp³-hybridized carbons (Fsp3) is 0.364. The van der Waals surface area contributed by atoms with Crippen molar-refractivity contribution in [2.45, 2.75) is 31.5 Å². The van der Waals surface area contributed by atoms with E-state index in [-0.39, 0.29) is 46.8 Å². The van der Waals surface area contributed by atoms with Gasteiger partial charge in [-0.05, 0) is 42.2 Å². The summed E-state index contributed by atoms with van der Waals surface area (Å²) in [5.74, 6) is -1.78. The number of H-pyrrole nitrogens is 1. The predicted molar refractivity (Wildman–Crippen MR) is 111 cm³/mol. The second-order valence-electron chi connectivity index (χ2n) is 8.48. The van der Waals surface area contributed by atoms with Gasteiger partial charge in [0.2, 0.25) is 0 Å². The van der Waals surface area contributed by atoms with E-state index in [0.717, 1.165) is 18.2 Å². The van der Waals surface area contributed by atoms with Crippen molar-refractivity contribution in [1.29, 1.82) is 0 Å². The van der Waals surface area contributed by atoms with Crippen LogP contribution in [0.1, 0.15) is 22.3 Å². The van der Waals surface area contributed by atoms with Crippen molar-refractivity contribution in [3.63, 3.8) is 0 Å². The number of hydrogen-bond donors (Lipinski definition) is 2. The highest BCUT2D eigenvalue weighted by molar-refractivity contribution is 5.97. The van der Waals surface area contributed by atoms with Crippen molar-refractivity contribution in [2.24, 2.45) is 5.92 Å². The molecule has 3 aromatic rings. The number of rotatable bonds is 5. The molecule has 1 aromatic heterocycles. The van der Waals surface area contributed by atoms with E-state index in [9.17, 15) is 27.2 Å². The third kappa shape index (κ3) is 4.90. The van der Waals surface area contributed by atoms with Crippen LogP contribution in [0.15, 0.2) is 36.4 Å². The maximum absolute atomic E-state index is 14.2. The molecule has 35 heavy (non-hydrogen) atoms. The molecule has 3 atom stereocenters. The summed E-state index contributed by atoms with van der Waals surface area (Å²) >= 11 is 0. The molecule has 184 valence electrons. The van der Waals surface area contributed by atoms with Crippen LogP contribution in [-0.2, 0) is 16.1 Å². The van der Waals surface area contributed by atoms with E-state index in [1.54, 1.807) is 4.90 Å². The highest BCUT2D eigenvalue weighted by atomic mass is 19.4. The van der Waals surface area contributed by atoms with Crippen LogP contribution in [-0.4, -0.2) is 63.7 Å². The van der Waals surface area contributed by atoms with Gasteiger partial charge in [0.25, 0.3) is 5.91 Å². The third-order valence-corrected chi connectivity index (χ3v) is 6.13. The number of ether oxygens (including phenoxy) is 2. The fourth-order valence-corrected chi connectivity index (χ4v) is 4.52. The normalized spacial score (nSPS) is 21.8. The van der Waals surface area contributed by atoms with E-state index in [0.29, 0.717) is 25.1 Å². The molecule has 3 heterocycles. The monoisotopic (exact) mass is 493 g/mol. The molecule has 0 bridgehead atoms. The average molecular weight is 493 g/mol. The summed E-state index contributed by atoms with van der Waals surface area (Å²) in [5.41, 5.74) is 1.01. The summed E-state index contributed by atoms with van der Waals surface area (Å²) in [4.78, 5) is 27.0. The minimum absolute atomic E-state index is 0.0240. The van der Waals surface area contributed by atoms with Crippen LogP contribution in [0.2, 0.25) is 0 Å². The first-order valence-electron chi connectivity index (χ1n) is 10.7. The summed E-state index contributed by atoms with van der Waals surface area (Å²) in [5, 5.41) is 13.0. The quantitative estimate of drug-likeness (QED) is 0.415. The minimum atomic E-state index is -4.78. The summed E-state index contributed by atoms with van der Waals surface area (Å²) in [7, 11) is 0. The van der Waals surface area contributed by atoms with Crippen molar-refractivity contribution >= 4 is 22.9 Å². The van der Waals surface area contributed by atoms with Crippen LogP contribution in [0.4, 0.5) is 17.6 Å². The smallest absolute Gasteiger partial charge is 0.460 e. The van der Waals surface area contributed by atoms with Crippen molar-refractivity contribution in [2.75, 3.05) is 13.1 Å². The van der Waals surface area contributed by atoms with Gasteiger partial charge < -0.3 is 14.4 Å². The Bertz CT molecular complexity index is 1250. The first-order chi connectivity index (χ1) is 16.7. The van der Waals surface area contributed by atoms with Crippen molar-refractivity contribution in [3.8, 4) is 5.75 Å². The number of esters is 1. The molecule has 2 aliphatic rings. The van der Waals surface area contributed by atoms with Crippen molar-refractivity contribution in [3.05, 3.63) is 53.3 Å². The molecule has 5 rings (SSSR count). The molecular formula is C22H19F4N5O4. The van der Waals surface area contributed by atoms with Gasteiger partial charge in [0.1, 0.15) is 29.4 Å². The van der Waals surface area contributed by atoms with E-state index >= 15 is 0 Å². The lowest BCUT2D eigenvalue weighted by molar-refractivity contribution is -0.274. The SMILES string of the molecule is O=C(OCc1ccc(OC(F)(F)F)cc1)C1C[C@H]2CN(C(=O)c3cc(F)c4n[nH]nc4c3)C[C@H]2N1. The maximum Gasteiger partial charge on any atom is 0.573 e. The molecule has 0 spiro atoms. The molecule has 1 amide bonds. The zero-order valence-corrected chi connectivity index (χ0v) is 18.0. The molecular weight excluding hydrogens is 474 g/mol. The van der Waals surface area contributed by atoms with Gasteiger partial charge in [-0.15, -0.1) is 13.2 Å². The van der Waals surface area contributed by atoms with Gasteiger partial charge in [0.05, 0.1) is 0 Å². The van der Waals surface area contributed by atoms with Crippen LogP contribution in [0.3, 0.4) is 0 Å². The fourth-order valence-electron chi connectivity index (χ4n) is 4.52. The Kier molecular flexibility index (Phi) is 5.79. The Morgan fingerprint density at radius 3 is 2.60 bits per heavy atom. The minimum Gasteiger partial charge on any atom is -0.460 e. The Morgan fingerprint density at radius 1 is 1.11 bits per heavy atom. The number of aromatic nitrogens is 3. The topological polar surface area (TPSA) is 109 Å². The lowest BCUT2D eigenvalue weighted by Gasteiger charge is -2.19. The van der Waals surface area contributed by atoms with Gasteiger partial charge in [0.15, 0.2) is 5.82 Å². The summed E-state index contributed by atoms with van der Waals surface area (Å²) in [6.07, 6.45) is -4.32. The van der Waals surface area contributed by atoms with E-state index in [2.05, 4.69) is 25.5 Å². The number of aromatic amines is 1. The van der Waals surface area contributed by atoms with E-state index in [4.69, 9.17) is 4.74 Å².